The Hall–Kier alpha value is -2.23. The second-order valence-electron chi connectivity index (χ2n) is 5.15. The van der Waals surface area contributed by atoms with Gasteiger partial charge in [0.15, 0.2) is 0 Å². The van der Waals surface area contributed by atoms with Gasteiger partial charge in [-0.1, -0.05) is 29.8 Å². The largest absolute Gasteiger partial charge is 0.345 e. The van der Waals surface area contributed by atoms with Crippen LogP contribution in [0.4, 0.5) is 8.78 Å². The second-order valence-corrected chi connectivity index (χ2v) is 5.15. The number of carbonyl (C=O) groups is 1. The van der Waals surface area contributed by atoms with E-state index in [-0.39, 0.29) is 6.04 Å². The van der Waals surface area contributed by atoms with E-state index in [2.05, 4.69) is 5.32 Å². The van der Waals surface area contributed by atoms with Gasteiger partial charge >= 0.3 is 0 Å². The topological polar surface area (TPSA) is 29.1 Å². The van der Waals surface area contributed by atoms with Crippen molar-refractivity contribution in [3.8, 4) is 0 Å². The Morgan fingerprint density at radius 2 is 1.71 bits per heavy atom. The van der Waals surface area contributed by atoms with Crippen LogP contribution in [0.25, 0.3) is 0 Å². The molecule has 0 fully saturated rings. The molecule has 0 unspecified atom stereocenters. The van der Waals surface area contributed by atoms with Gasteiger partial charge in [-0.05, 0) is 44.0 Å². The van der Waals surface area contributed by atoms with Crippen molar-refractivity contribution in [3.05, 3.63) is 70.3 Å². The third kappa shape index (κ3) is 3.27. The van der Waals surface area contributed by atoms with Gasteiger partial charge in [0.2, 0.25) is 0 Å². The van der Waals surface area contributed by atoms with Crippen molar-refractivity contribution in [2.45, 2.75) is 26.8 Å². The lowest BCUT2D eigenvalue weighted by Gasteiger charge is -2.17. The van der Waals surface area contributed by atoms with Crippen LogP contribution in [0, 0.1) is 25.5 Å². The first kappa shape index (κ1) is 15.2. The van der Waals surface area contributed by atoms with Crippen LogP contribution in [0.3, 0.4) is 0 Å². The number of benzene rings is 2. The van der Waals surface area contributed by atoms with Gasteiger partial charge in [-0.2, -0.15) is 0 Å². The van der Waals surface area contributed by atoms with Crippen molar-refractivity contribution in [1.29, 1.82) is 0 Å². The molecule has 0 bridgehead atoms. The van der Waals surface area contributed by atoms with Crippen LogP contribution in [-0.2, 0) is 0 Å². The van der Waals surface area contributed by atoms with Crippen LogP contribution in [0.5, 0.6) is 0 Å². The van der Waals surface area contributed by atoms with E-state index in [1.165, 1.54) is 6.07 Å². The monoisotopic (exact) mass is 289 g/mol. The van der Waals surface area contributed by atoms with Crippen LogP contribution in [0.2, 0.25) is 0 Å². The molecular formula is C17H17F2NO. The highest BCUT2D eigenvalue weighted by Gasteiger charge is 2.19. The molecule has 0 aliphatic heterocycles. The number of rotatable bonds is 3. The summed E-state index contributed by atoms with van der Waals surface area (Å²) in [5.41, 5.74) is 2.46. The lowest BCUT2D eigenvalue weighted by Crippen LogP contribution is -2.28. The molecular weight excluding hydrogens is 272 g/mol. The minimum Gasteiger partial charge on any atom is -0.345 e. The van der Waals surface area contributed by atoms with Gasteiger partial charge in [-0.15, -0.1) is 0 Å². The summed E-state index contributed by atoms with van der Waals surface area (Å²) in [5.74, 6) is -2.47. The van der Waals surface area contributed by atoms with Crippen LogP contribution in [-0.4, -0.2) is 5.91 Å². The van der Waals surface area contributed by atoms with E-state index in [0.29, 0.717) is 0 Å². The van der Waals surface area contributed by atoms with Crippen molar-refractivity contribution < 1.29 is 13.6 Å². The Balaban J connectivity index is 2.25. The normalized spacial score (nSPS) is 12.0. The van der Waals surface area contributed by atoms with Crippen molar-refractivity contribution in [3.63, 3.8) is 0 Å². The van der Waals surface area contributed by atoms with Crippen molar-refractivity contribution in [2.75, 3.05) is 0 Å². The first-order valence-electron chi connectivity index (χ1n) is 6.72. The summed E-state index contributed by atoms with van der Waals surface area (Å²) in [5, 5.41) is 2.64. The molecule has 2 nitrogen and oxygen atoms in total. The molecule has 0 saturated heterocycles. The summed E-state index contributed by atoms with van der Waals surface area (Å²) in [7, 11) is 0. The number of carbonyl (C=O) groups excluding carboxylic acids is 1. The third-order valence-corrected chi connectivity index (χ3v) is 3.44. The number of aryl methyl sites for hydroxylation is 2. The first-order valence-corrected chi connectivity index (χ1v) is 6.72. The van der Waals surface area contributed by atoms with Crippen molar-refractivity contribution in [2.24, 2.45) is 0 Å². The zero-order valence-electron chi connectivity index (χ0n) is 12.2. The molecule has 0 saturated carbocycles. The molecule has 2 aromatic carbocycles. The molecule has 0 spiro atoms. The summed E-state index contributed by atoms with van der Waals surface area (Å²) >= 11 is 0. The highest BCUT2D eigenvalue weighted by molar-refractivity contribution is 5.95. The molecule has 2 rings (SSSR count). The van der Waals surface area contributed by atoms with Gasteiger partial charge in [0.1, 0.15) is 17.2 Å². The fraction of sp³-hybridized carbons (Fsp3) is 0.235. The Morgan fingerprint density at radius 3 is 2.33 bits per heavy atom. The highest BCUT2D eigenvalue weighted by Crippen LogP contribution is 2.20. The summed E-state index contributed by atoms with van der Waals surface area (Å²) in [6.07, 6.45) is 0. The standard InChI is InChI=1S/C17H17F2NO/c1-10-7-8-11(2)13(9-10)12(3)20-17(21)16-14(18)5-4-6-15(16)19/h4-9,12H,1-3H3,(H,20,21)/t12-/m0/s1. The number of halogens is 2. The molecule has 1 atom stereocenters. The Morgan fingerprint density at radius 1 is 1.10 bits per heavy atom. The van der Waals surface area contributed by atoms with Gasteiger partial charge in [0.25, 0.3) is 5.91 Å². The molecule has 0 heterocycles. The number of nitrogens with one attached hydrogen (secondary N) is 1. The fourth-order valence-corrected chi connectivity index (χ4v) is 2.29. The maximum atomic E-state index is 13.6. The van der Waals surface area contributed by atoms with E-state index in [1.54, 1.807) is 6.92 Å². The first-order chi connectivity index (χ1) is 9.90. The summed E-state index contributed by atoms with van der Waals surface area (Å²) in [6.45, 7) is 5.67. The predicted molar refractivity (Wildman–Crippen MR) is 78.2 cm³/mol. The van der Waals surface area contributed by atoms with Gasteiger partial charge in [0.05, 0.1) is 6.04 Å². The summed E-state index contributed by atoms with van der Waals surface area (Å²) < 4.78 is 27.2. The molecule has 110 valence electrons. The number of amides is 1. The molecule has 0 aliphatic carbocycles. The molecule has 1 N–H and O–H groups in total. The van der Waals surface area contributed by atoms with E-state index < -0.39 is 23.1 Å². The number of hydrogen-bond donors (Lipinski definition) is 1. The van der Waals surface area contributed by atoms with Gasteiger partial charge in [-0.25, -0.2) is 8.78 Å². The Kier molecular flexibility index (Phi) is 4.36. The van der Waals surface area contributed by atoms with E-state index in [9.17, 15) is 13.6 Å². The molecule has 0 aromatic heterocycles. The van der Waals surface area contributed by atoms with Crippen molar-refractivity contribution in [1.82, 2.24) is 5.32 Å². The lowest BCUT2D eigenvalue weighted by molar-refractivity contribution is 0.0931. The zero-order chi connectivity index (χ0) is 15.6. The maximum absolute atomic E-state index is 13.6. The summed E-state index contributed by atoms with van der Waals surface area (Å²) in [4.78, 5) is 12.1. The van der Waals surface area contributed by atoms with Crippen LogP contribution >= 0.6 is 0 Å². The average Bonchev–Trinajstić information content (AvgIpc) is 2.41. The van der Waals surface area contributed by atoms with E-state index in [1.807, 2.05) is 32.0 Å². The van der Waals surface area contributed by atoms with Crippen LogP contribution in [0.1, 0.15) is 40.0 Å². The highest BCUT2D eigenvalue weighted by atomic mass is 19.1. The lowest BCUT2D eigenvalue weighted by atomic mass is 9.99. The SMILES string of the molecule is Cc1ccc(C)c([C@H](C)NC(=O)c2c(F)cccc2F)c1. The second kappa shape index (κ2) is 6.04. The van der Waals surface area contributed by atoms with Gasteiger partial charge < -0.3 is 5.32 Å². The Labute approximate surface area is 122 Å². The van der Waals surface area contributed by atoms with Gasteiger partial charge in [0, 0.05) is 0 Å². The number of hydrogen-bond acceptors (Lipinski definition) is 1. The molecule has 2 aromatic rings. The maximum Gasteiger partial charge on any atom is 0.257 e. The third-order valence-electron chi connectivity index (χ3n) is 3.44. The summed E-state index contributed by atoms with van der Waals surface area (Å²) in [6, 6.07) is 8.92. The van der Waals surface area contributed by atoms with Crippen LogP contribution < -0.4 is 5.32 Å². The van der Waals surface area contributed by atoms with E-state index >= 15 is 0 Å². The van der Waals surface area contributed by atoms with Crippen LogP contribution in [0.15, 0.2) is 36.4 Å². The zero-order valence-corrected chi connectivity index (χ0v) is 12.2. The van der Waals surface area contributed by atoms with Crippen molar-refractivity contribution >= 4 is 5.91 Å². The molecule has 21 heavy (non-hydrogen) atoms. The smallest absolute Gasteiger partial charge is 0.257 e. The molecule has 0 radical (unpaired) electrons. The fourth-order valence-electron chi connectivity index (χ4n) is 2.29. The van der Waals surface area contributed by atoms with Gasteiger partial charge in [-0.3, -0.25) is 4.79 Å². The molecule has 4 heteroatoms. The van der Waals surface area contributed by atoms with E-state index in [0.717, 1.165) is 28.8 Å². The molecule has 0 aliphatic rings. The Bertz CT molecular complexity index is 662. The minimum absolute atomic E-state index is 0.337. The molecule has 1 amide bonds. The average molecular weight is 289 g/mol. The minimum atomic E-state index is -0.860. The van der Waals surface area contributed by atoms with E-state index in [4.69, 9.17) is 0 Å². The quantitative estimate of drug-likeness (QED) is 0.906. The predicted octanol–water partition coefficient (Wildman–Crippen LogP) is 4.07.